The number of nitrogens with zero attached hydrogens (tertiary/aromatic N) is 2. The third-order valence-corrected chi connectivity index (χ3v) is 12.5. The predicted molar refractivity (Wildman–Crippen MR) is 228 cm³/mol. The third kappa shape index (κ3) is 4.70. The lowest BCUT2D eigenvalue weighted by atomic mass is 9.82. The van der Waals surface area contributed by atoms with Crippen molar-refractivity contribution >= 4 is 70.4 Å². The lowest BCUT2D eigenvalue weighted by molar-refractivity contribution is 0.623. The van der Waals surface area contributed by atoms with Crippen molar-refractivity contribution in [2.45, 2.75) is 19.3 Å². The van der Waals surface area contributed by atoms with Crippen molar-refractivity contribution in [3.8, 4) is 33.7 Å². The lowest BCUT2D eigenvalue weighted by Gasteiger charge is -2.27. The van der Waals surface area contributed by atoms with Gasteiger partial charge in [0.15, 0.2) is 5.58 Å². The summed E-state index contributed by atoms with van der Waals surface area (Å²) >= 11 is 1.85. The summed E-state index contributed by atoms with van der Waals surface area (Å²) in [6, 6.07) is 61.4. The molecule has 11 rings (SSSR count). The predicted octanol–water partition coefficient (Wildman–Crippen LogP) is 14.5. The monoisotopic (exact) mass is 710 g/mol. The number of hydrogen-bond donors (Lipinski definition) is 0. The Kier molecular flexibility index (Phi) is 6.77. The molecule has 256 valence electrons. The molecule has 0 radical (unpaired) electrons. The maximum absolute atomic E-state index is 6.41. The second kappa shape index (κ2) is 11.8. The number of aromatic nitrogens is 1. The Balaban J connectivity index is 1.05. The molecule has 8 aromatic carbocycles. The van der Waals surface area contributed by atoms with Gasteiger partial charge in [-0.3, -0.25) is 0 Å². The van der Waals surface area contributed by atoms with Crippen molar-refractivity contribution in [1.82, 2.24) is 4.98 Å². The van der Waals surface area contributed by atoms with Crippen LogP contribution in [0, 0.1) is 0 Å². The molecule has 2 heterocycles. The summed E-state index contributed by atoms with van der Waals surface area (Å²) in [6.07, 6.45) is 0. The van der Waals surface area contributed by atoms with Crippen LogP contribution in [0.5, 0.6) is 0 Å². The molecular formula is C50H34N2OS. The average molecular weight is 711 g/mol. The van der Waals surface area contributed by atoms with E-state index in [4.69, 9.17) is 9.40 Å². The molecule has 54 heavy (non-hydrogen) atoms. The summed E-state index contributed by atoms with van der Waals surface area (Å²) in [5.41, 5.74) is 13.7. The fourth-order valence-electron chi connectivity index (χ4n) is 8.64. The van der Waals surface area contributed by atoms with Gasteiger partial charge in [-0.2, -0.15) is 0 Å². The van der Waals surface area contributed by atoms with E-state index in [9.17, 15) is 0 Å². The Morgan fingerprint density at radius 3 is 2.06 bits per heavy atom. The van der Waals surface area contributed by atoms with Crippen LogP contribution in [0.3, 0.4) is 0 Å². The highest BCUT2D eigenvalue weighted by Crippen LogP contribution is 2.51. The average Bonchev–Trinajstić information content (AvgIpc) is 3.89. The van der Waals surface area contributed by atoms with Crippen LogP contribution in [0.2, 0.25) is 0 Å². The molecule has 0 amide bonds. The highest BCUT2D eigenvalue weighted by Gasteiger charge is 2.35. The molecule has 0 unspecified atom stereocenters. The number of thiophene rings is 1. The van der Waals surface area contributed by atoms with Gasteiger partial charge in [0.05, 0.1) is 0 Å². The van der Waals surface area contributed by atoms with Crippen LogP contribution >= 0.6 is 11.3 Å². The molecule has 0 spiro atoms. The molecule has 3 nitrogen and oxygen atoms in total. The normalized spacial score (nSPS) is 13.1. The second-order valence-electron chi connectivity index (χ2n) is 14.8. The highest BCUT2D eigenvalue weighted by atomic mass is 32.1. The molecule has 4 heteroatoms. The first-order chi connectivity index (χ1) is 26.5. The third-order valence-electron chi connectivity index (χ3n) is 11.3. The zero-order valence-corrected chi connectivity index (χ0v) is 30.7. The lowest BCUT2D eigenvalue weighted by Crippen LogP contribution is -2.15. The van der Waals surface area contributed by atoms with Crippen LogP contribution in [0.15, 0.2) is 174 Å². The second-order valence-corrected chi connectivity index (χ2v) is 15.8. The molecule has 1 aliphatic rings. The Hall–Kier alpha value is -6.49. The van der Waals surface area contributed by atoms with E-state index in [1.807, 2.05) is 41.7 Å². The molecule has 0 saturated carbocycles. The van der Waals surface area contributed by atoms with E-state index < -0.39 is 0 Å². The summed E-state index contributed by atoms with van der Waals surface area (Å²) in [5, 5.41) is 4.78. The van der Waals surface area contributed by atoms with Crippen molar-refractivity contribution in [3.05, 3.63) is 181 Å². The summed E-state index contributed by atoms with van der Waals surface area (Å²) < 4.78 is 9.02. The molecule has 0 atom stereocenters. The summed E-state index contributed by atoms with van der Waals surface area (Å²) in [4.78, 5) is 7.24. The van der Waals surface area contributed by atoms with Gasteiger partial charge in [-0.15, -0.1) is 11.3 Å². The van der Waals surface area contributed by atoms with Crippen LogP contribution in [0.4, 0.5) is 17.1 Å². The van der Waals surface area contributed by atoms with Crippen molar-refractivity contribution in [1.29, 1.82) is 0 Å². The Labute approximate surface area is 317 Å². The smallest absolute Gasteiger partial charge is 0.227 e. The van der Waals surface area contributed by atoms with E-state index in [1.54, 1.807) is 0 Å². The van der Waals surface area contributed by atoms with Gasteiger partial charge in [0.1, 0.15) is 5.52 Å². The largest absolute Gasteiger partial charge is 0.435 e. The quantitative estimate of drug-likeness (QED) is 0.178. The minimum absolute atomic E-state index is 0.0513. The zero-order valence-electron chi connectivity index (χ0n) is 29.9. The van der Waals surface area contributed by atoms with Crippen LogP contribution < -0.4 is 4.90 Å². The molecule has 0 saturated heterocycles. The van der Waals surface area contributed by atoms with Crippen LogP contribution in [0.1, 0.15) is 25.0 Å². The van der Waals surface area contributed by atoms with E-state index in [2.05, 4.69) is 158 Å². The van der Waals surface area contributed by atoms with Crippen LogP contribution in [-0.4, -0.2) is 4.98 Å². The number of benzene rings is 8. The molecule has 2 aromatic heterocycles. The summed E-state index contributed by atoms with van der Waals surface area (Å²) in [7, 11) is 0. The number of hydrogen-bond acceptors (Lipinski definition) is 4. The standard InChI is InChI=1S/C50H34N2OS/c1-50(2)43-17-8-6-13-38(43)41-29-34(23-26-44(41)50)52(35-24-28-47-42(30-35)39-14-7-9-18-46(39)54-47)33-21-19-31(20-22-33)36-15-10-16-40-37(36)25-27-45-48(40)53-49(51-45)32-11-4-3-5-12-32/h3-30H,1-2H3. The first-order valence-corrected chi connectivity index (χ1v) is 19.3. The molecule has 0 N–H and O–H groups in total. The van der Waals surface area contributed by atoms with Gasteiger partial charge in [-0.1, -0.05) is 117 Å². The molecule has 0 bridgehead atoms. The highest BCUT2D eigenvalue weighted by molar-refractivity contribution is 7.25. The van der Waals surface area contributed by atoms with Crippen molar-refractivity contribution < 1.29 is 4.42 Å². The SMILES string of the molecule is CC1(C)c2ccccc2-c2cc(N(c3ccc(-c4cccc5c4ccc4nc(-c6ccccc6)oc45)cc3)c3ccc4sc5ccccc5c4c3)ccc21. The maximum Gasteiger partial charge on any atom is 0.227 e. The van der Waals surface area contributed by atoms with Crippen molar-refractivity contribution in [3.63, 3.8) is 0 Å². The van der Waals surface area contributed by atoms with Crippen LogP contribution in [-0.2, 0) is 5.41 Å². The van der Waals surface area contributed by atoms with Gasteiger partial charge < -0.3 is 9.32 Å². The molecule has 1 aliphatic carbocycles. The minimum atomic E-state index is -0.0513. The number of fused-ring (bicyclic) bond motifs is 9. The minimum Gasteiger partial charge on any atom is -0.435 e. The molecule has 10 aromatic rings. The number of anilines is 3. The van der Waals surface area contributed by atoms with E-state index >= 15 is 0 Å². The number of oxazole rings is 1. The van der Waals surface area contributed by atoms with Crippen molar-refractivity contribution in [2.24, 2.45) is 0 Å². The number of rotatable bonds is 5. The first kappa shape index (κ1) is 31.1. The summed E-state index contributed by atoms with van der Waals surface area (Å²) in [6.45, 7) is 4.68. The Bertz CT molecular complexity index is 3080. The van der Waals surface area contributed by atoms with Gasteiger partial charge >= 0.3 is 0 Å². The van der Waals surface area contributed by atoms with E-state index in [0.29, 0.717) is 5.89 Å². The van der Waals surface area contributed by atoms with Crippen LogP contribution in [0.25, 0.3) is 75.8 Å². The van der Waals surface area contributed by atoms with E-state index in [1.165, 1.54) is 42.4 Å². The van der Waals surface area contributed by atoms with Gasteiger partial charge in [-0.25, -0.2) is 4.98 Å². The summed E-state index contributed by atoms with van der Waals surface area (Å²) in [5.74, 6) is 0.639. The van der Waals surface area contributed by atoms with Gasteiger partial charge in [-0.05, 0) is 105 Å². The molecule has 0 fully saturated rings. The van der Waals surface area contributed by atoms with E-state index in [0.717, 1.165) is 55.6 Å². The van der Waals surface area contributed by atoms with Gasteiger partial charge in [0.25, 0.3) is 0 Å². The topological polar surface area (TPSA) is 29.3 Å². The Morgan fingerprint density at radius 2 is 1.17 bits per heavy atom. The fraction of sp³-hybridized carbons (Fsp3) is 0.0600. The maximum atomic E-state index is 6.41. The Morgan fingerprint density at radius 1 is 0.481 bits per heavy atom. The fourth-order valence-corrected chi connectivity index (χ4v) is 9.72. The first-order valence-electron chi connectivity index (χ1n) is 18.5. The zero-order chi connectivity index (χ0) is 36.0. The van der Waals surface area contributed by atoms with Gasteiger partial charge in [0, 0.05) is 53.6 Å². The van der Waals surface area contributed by atoms with Gasteiger partial charge in [0.2, 0.25) is 5.89 Å². The molecule has 0 aliphatic heterocycles. The molecular weight excluding hydrogens is 677 g/mol. The van der Waals surface area contributed by atoms with E-state index in [-0.39, 0.29) is 5.41 Å². The van der Waals surface area contributed by atoms with Crippen molar-refractivity contribution in [2.75, 3.05) is 4.90 Å².